The van der Waals surface area contributed by atoms with Crippen molar-refractivity contribution in [1.82, 2.24) is 0 Å². The van der Waals surface area contributed by atoms with Crippen LogP contribution in [0, 0.1) is 23.2 Å². The van der Waals surface area contributed by atoms with E-state index in [2.05, 4.69) is 0 Å². The quantitative estimate of drug-likeness (QED) is 0.390. The summed E-state index contributed by atoms with van der Waals surface area (Å²) in [5, 5.41) is 13.6. The lowest BCUT2D eigenvalue weighted by Crippen LogP contribution is -1.10. The van der Waals surface area contributed by atoms with Crippen LogP contribution in [0.3, 0.4) is 0 Å². The molecule has 0 atom stereocenters. The molecule has 0 unspecified atom stereocenters. The van der Waals surface area contributed by atoms with Crippen LogP contribution >= 0.6 is 0 Å². The van der Waals surface area contributed by atoms with E-state index in [0.717, 1.165) is 0 Å². The van der Waals surface area contributed by atoms with Crippen molar-refractivity contribution in [3.05, 3.63) is 6.57 Å². The maximum Gasteiger partial charge on any atom is 0.0587 e. The van der Waals surface area contributed by atoms with E-state index < -0.39 is 0 Å². The molecule has 0 fully saturated rings. The third kappa shape index (κ3) is 2.75. The SMILES string of the molecule is CC#N.[C-]#N. The smallest absolute Gasteiger partial charge is 0.0587 e. The average molecular weight is 67.1 g/mol. The van der Waals surface area contributed by atoms with Gasteiger partial charge in [0.05, 0.1) is 6.07 Å². The molecule has 0 aliphatic heterocycles. The van der Waals surface area contributed by atoms with E-state index in [4.69, 9.17) is 17.1 Å². The van der Waals surface area contributed by atoms with Gasteiger partial charge in [0.2, 0.25) is 0 Å². The fourth-order valence-corrected chi connectivity index (χ4v) is 0. The summed E-state index contributed by atoms with van der Waals surface area (Å²) in [6.45, 7) is 6.18. The zero-order valence-electron chi connectivity index (χ0n) is 2.89. The maximum atomic E-state index is 7.32. The van der Waals surface area contributed by atoms with Gasteiger partial charge in [0.1, 0.15) is 0 Å². The van der Waals surface area contributed by atoms with Crippen LogP contribution in [0.15, 0.2) is 0 Å². The molecule has 5 heavy (non-hydrogen) atoms. The van der Waals surface area contributed by atoms with Gasteiger partial charge in [0.15, 0.2) is 0 Å². The van der Waals surface area contributed by atoms with Crippen LogP contribution in [0.4, 0.5) is 0 Å². The normalized spacial score (nSPS) is 2.00. The number of hydrogen-bond acceptors (Lipinski definition) is 2. The zero-order chi connectivity index (χ0) is 4.71. The second kappa shape index (κ2) is 29200. The second-order valence-corrected chi connectivity index (χ2v) is 0.224. The van der Waals surface area contributed by atoms with Gasteiger partial charge in [-0.25, -0.2) is 0 Å². The van der Waals surface area contributed by atoms with Crippen molar-refractivity contribution in [3.8, 4) is 6.07 Å². The molecule has 0 aliphatic rings. The van der Waals surface area contributed by atoms with Gasteiger partial charge >= 0.3 is 0 Å². The molecule has 0 spiro atoms. The molecule has 0 saturated carbocycles. The Labute approximate surface area is 31.3 Å². The van der Waals surface area contributed by atoms with Gasteiger partial charge in [-0.1, -0.05) is 0 Å². The lowest BCUT2D eigenvalue weighted by molar-refractivity contribution is 1.49. The van der Waals surface area contributed by atoms with Crippen LogP contribution in [0.2, 0.25) is 0 Å². The molecule has 0 aliphatic carbocycles. The van der Waals surface area contributed by atoms with Crippen molar-refractivity contribution in [2.24, 2.45) is 0 Å². The minimum Gasteiger partial charge on any atom is -0.512 e. The highest BCUT2D eigenvalue weighted by Crippen LogP contribution is 1.21. The van der Waals surface area contributed by atoms with E-state index in [1.165, 1.54) is 6.92 Å². The highest BCUT2D eigenvalue weighted by molar-refractivity contribution is 4.51. The third-order valence-electron chi connectivity index (χ3n) is 0. The predicted molar refractivity (Wildman–Crippen MR) is 16.3 cm³/mol. The molecule has 0 heterocycles. The molecule has 0 rings (SSSR count). The Morgan fingerprint density at radius 3 is 1.60 bits per heavy atom. The molecule has 0 aromatic rings. The van der Waals surface area contributed by atoms with Crippen LogP contribution in [0.25, 0.3) is 0 Å². The summed E-state index contributed by atoms with van der Waals surface area (Å²) in [6.07, 6.45) is 0. The van der Waals surface area contributed by atoms with Crippen LogP contribution in [0.1, 0.15) is 6.92 Å². The van der Waals surface area contributed by atoms with E-state index in [1.807, 2.05) is 0 Å². The molecular weight excluding hydrogens is 64.0 g/mol. The number of nitrogens with zero attached hydrogens (tertiary/aromatic N) is 2. The molecule has 0 saturated heterocycles. The number of rotatable bonds is 0. The molecule has 26 valence electrons. The molecule has 0 aromatic carbocycles. The Bertz CT molecular complexity index is 47.6. The van der Waals surface area contributed by atoms with Crippen molar-refractivity contribution in [3.63, 3.8) is 0 Å². The molecular formula is C3H3N2-. The summed E-state index contributed by atoms with van der Waals surface area (Å²) in [6, 6.07) is 1.75. The Morgan fingerprint density at radius 1 is 1.60 bits per heavy atom. The monoisotopic (exact) mass is 67.0 g/mol. The van der Waals surface area contributed by atoms with Gasteiger partial charge in [-0.15, -0.1) is 0 Å². The van der Waals surface area contributed by atoms with E-state index >= 15 is 0 Å². The van der Waals surface area contributed by atoms with Gasteiger partial charge in [0.25, 0.3) is 0 Å². The van der Waals surface area contributed by atoms with Crippen LogP contribution in [-0.2, 0) is 0 Å². The fraction of sp³-hybridized carbons (Fsp3) is 0.333. The van der Waals surface area contributed by atoms with E-state index in [-0.39, 0.29) is 0 Å². The van der Waals surface area contributed by atoms with E-state index in [0.29, 0.717) is 0 Å². The summed E-state index contributed by atoms with van der Waals surface area (Å²) in [5.74, 6) is 0. The van der Waals surface area contributed by atoms with Crippen molar-refractivity contribution < 1.29 is 0 Å². The fourth-order valence-electron chi connectivity index (χ4n) is 0. The first-order valence-electron chi connectivity index (χ1n) is 0.947. The van der Waals surface area contributed by atoms with E-state index in [1.54, 1.807) is 6.07 Å². The summed E-state index contributed by atoms with van der Waals surface area (Å²) < 4.78 is 0. The molecule has 0 radical (unpaired) electrons. The Morgan fingerprint density at radius 2 is 1.60 bits per heavy atom. The van der Waals surface area contributed by atoms with Gasteiger partial charge in [-0.2, -0.15) is 5.26 Å². The van der Waals surface area contributed by atoms with Crippen LogP contribution in [-0.4, -0.2) is 0 Å². The number of nitriles is 1. The lowest BCUT2D eigenvalue weighted by atomic mass is 11.0. The summed E-state index contributed by atoms with van der Waals surface area (Å²) in [7, 11) is 0. The summed E-state index contributed by atoms with van der Waals surface area (Å²) in [5.41, 5.74) is 0. The van der Waals surface area contributed by atoms with Gasteiger partial charge < -0.3 is 11.8 Å². The molecule has 0 bridgehead atoms. The standard InChI is InChI=1S/C2H3N.CN/c1-2-3;1-2/h1H3;/q;-1. The highest BCUT2D eigenvalue weighted by atomic mass is 14.2. The maximum absolute atomic E-state index is 7.32. The van der Waals surface area contributed by atoms with Crippen LogP contribution in [0.5, 0.6) is 0 Å². The minimum atomic E-state index is 1.43. The van der Waals surface area contributed by atoms with Crippen molar-refractivity contribution >= 4 is 0 Å². The lowest BCUT2D eigenvalue weighted by Gasteiger charge is -1.15. The number of hydrogen-bond donors (Lipinski definition) is 0. The molecule has 2 nitrogen and oxygen atoms in total. The molecule has 0 aromatic heterocycles. The highest BCUT2D eigenvalue weighted by Gasteiger charge is 1.17. The topological polar surface area (TPSA) is 47.6 Å². The Kier molecular flexibility index (Phi) is 52700. The Hall–Kier alpha value is -1.02. The first kappa shape index (κ1) is 9.02. The first-order valence-corrected chi connectivity index (χ1v) is 0.947. The minimum absolute atomic E-state index is 1.43. The molecule has 0 N–H and O–H groups in total. The van der Waals surface area contributed by atoms with Crippen molar-refractivity contribution in [1.29, 1.82) is 10.5 Å². The summed E-state index contributed by atoms with van der Waals surface area (Å²) in [4.78, 5) is 0. The van der Waals surface area contributed by atoms with Gasteiger partial charge in [0, 0.05) is 6.92 Å². The van der Waals surface area contributed by atoms with Crippen molar-refractivity contribution in [2.75, 3.05) is 0 Å². The second-order valence-electron chi connectivity index (χ2n) is 0.224. The van der Waals surface area contributed by atoms with E-state index in [9.17, 15) is 0 Å². The molecule has 2 heteroatoms. The zero-order valence-corrected chi connectivity index (χ0v) is 2.89. The Balaban J connectivity index is 0. The molecule has 0 amide bonds. The van der Waals surface area contributed by atoms with Gasteiger partial charge in [-0.05, 0) is 0 Å². The average Bonchev–Trinajstić information content (AvgIpc) is 1.46. The third-order valence-corrected chi connectivity index (χ3v) is 0. The van der Waals surface area contributed by atoms with Crippen LogP contribution < -0.4 is 0 Å². The first-order chi connectivity index (χ1) is 2.41. The van der Waals surface area contributed by atoms with Gasteiger partial charge in [-0.3, -0.25) is 0 Å². The van der Waals surface area contributed by atoms with Crippen molar-refractivity contribution in [2.45, 2.75) is 6.92 Å². The predicted octanol–water partition coefficient (Wildman–Crippen LogP) is 0.626. The largest absolute Gasteiger partial charge is 0.512 e. The summed E-state index contributed by atoms with van der Waals surface area (Å²) >= 11 is 0.